The summed E-state index contributed by atoms with van der Waals surface area (Å²) in [5.74, 6) is -1.37. The Morgan fingerprint density at radius 2 is 1.79 bits per heavy atom. The second-order valence-electron chi connectivity index (χ2n) is 5.25. The first kappa shape index (κ1) is 15.8. The first-order valence-corrected chi connectivity index (χ1v) is 7.64. The Morgan fingerprint density at radius 3 is 2.38 bits per heavy atom. The van der Waals surface area contributed by atoms with E-state index in [9.17, 15) is 9.90 Å². The minimum absolute atomic E-state index is 0.300. The smallest absolute Gasteiger partial charge is 0.386 e. The molecule has 0 fully saturated rings. The van der Waals surface area contributed by atoms with Crippen LogP contribution in [0.1, 0.15) is 23.0 Å². The molecule has 3 rings (SSSR count). The van der Waals surface area contributed by atoms with Crippen molar-refractivity contribution in [1.82, 2.24) is 0 Å². The molecule has 0 saturated heterocycles. The van der Waals surface area contributed by atoms with Gasteiger partial charge in [0.1, 0.15) is 0 Å². The van der Waals surface area contributed by atoms with Gasteiger partial charge in [0.25, 0.3) is 5.76 Å². The zero-order valence-corrected chi connectivity index (χ0v) is 13.5. The van der Waals surface area contributed by atoms with Gasteiger partial charge in [-0.15, -0.1) is 4.57 Å². The van der Waals surface area contributed by atoms with E-state index in [4.69, 9.17) is 4.42 Å². The van der Waals surface area contributed by atoms with Gasteiger partial charge in [0.05, 0.1) is 12.7 Å². The molecule has 0 amide bonds. The van der Waals surface area contributed by atoms with Crippen molar-refractivity contribution in [2.75, 3.05) is 7.11 Å². The summed E-state index contributed by atoms with van der Waals surface area (Å²) in [6, 6.07) is 16.7. The van der Waals surface area contributed by atoms with E-state index in [1.54, 1.807) is 12.1 Å². The molecule has 0 spiro atoms. The summed E-state index contributed by atoms with van der Waals surface area (Å²) in [4.78, 5) is 11.8. The highest BCUT2D eigenvalue weighted by atomic mass is 16.5. The predicted octanol–water partition coefficient (Wildman–Crippen LogP) is 2.65. The fourth-order valence-electron chi connectivity index (χ4n) is 2.48. The van der Waals surface area contributed by atoms with Gasteiger partial charge in [0, 0.05) is 12.1 Å². The maximum absolute atomic E-state index is 12.7. The first-order valence-electron chi connectivity index (χ1n) is 7.64. The standard InChI is InChI=1S/C19H17NO4/c1-3-13-9-11-14(12-10-13)18-20(15-7-5-4-6-8-15)17(21)16(24-18)19(22)23-2/h4-12H,3H2,1-2H3. The largest absolute Gasteiger partial charge is 0.820 e. The number of aryl methyl sites for hydroxylation is 1. The lowest BCUT2D eigenvalue weighted by Crippen LogP contribution is -2.35. The van der Waals surface area contributed by atoms with E-state index in [-0.39, 0.29) is 5.76 Å². The Morgan fingerprint density at radius 1 is 1.12 bits per heavy atom. The van der Waals surface area contributed by atoms with E-state index in [0.717, 1.165) is 6.42 Å². The molecule has 0 aliphatic rings. The zero-order chi connectivity index (χ0) is 17.1. The first-order chi connectivity index (χ1) is 11.7. The Labute approximate surface area is 139 Å². The van der Waals surface area contributed by atoms with Crippen LogP contribution < -0.4 is 9.67 Å². The molecule has 0 radical (unpaired) electrons. The molecule has 3 aromatic rings. The number of methoxy groups -OCH3 is 1. The normalized spacial score (nSPS) is 10.6. The van der Waals surface area contributed by atoms with Crippen molar-refractivity contribution in [2.45, 2.75) is 13.3 Å². The molecular weight excluding hydrogens is 306 g/mol. The van der Waals surface area contributed by atoms with E-state index in [2.05, 4.69) is 11.7 Å². The van der Waals surface area contributed by atoms with Crippen LogP contribution in [0, 0.1) is 0 Å². The van der Waals surface area contributed by atoms with Gasteiger partial charge in [-0.1, -0.05) is 37.3 Å². The number of carbonyl (C=O) groups excluding carboxylic acids is 1. The third kappa shape index (κ3) is 2.76. The highest BCUT2D eigenvalue weighted by Gasteiger charge is 2.30. The third-order valence-corrected chi connectivity index (χ3v) is 3.79. The van der Waals surface area contributed by atoms with E-state index in [0.29, 0.717) is 17.1 Å². The molecule has 0 N–H and O–H groups in total. The summed E-state index contributed by atoms with van der Waals surface area (Å²) >= 11 is 0. The predicted molar refractivity (Wildman–Crippen MR) is 85.8 cm³/mol. The molecule has 5 heteroatoms. The van der Waals surface area contributed by atoms with Gasteiger partial charge in [-0.25, -0.2) is 4.79 Å². The molecule has 1 heterocycles. The van der Waals surface area contributed by atoms with Crippen molar-refractivity contribution >= 4 is 5.97 Å². The second kappa shape index (κ2) is 6.58. The number of hydrogen-bond donors (Lipinski definition) is 0. The number of aromatic nitrogens is 1. The lowest BCUT2D eigenvalue weighted by atomic mass is 10.1. The average Bonchev–Trinajstić information content (AvgIpc) is 2.99. The number of para-hydroxylation sites is 1. The van der Waals surface area contributed by atoms with Crippen molar-refractivity contribution in [3.8, 4) is 23.0 Å². The fraction of sp³-hybridized carbons (Fsp3) is 0.158. The van der Waals surface area contributed by atoms with E-state index in [1.807, 2.05) is 42.5 Å². The number of rotatable bonds is 4. The van der Waals surface area contributed by atoms with Crippen LogP contribution in [0.25, 0.3) is 17.1 Å². The van der Waals surface area contributed by atoms with Gasteiger partial charge < -0.3 is 14.3 Å². The average molecular weight is 323 g/mol. The van der Waals surface area contributed by atoms with Gasteiger partial charge in [-0.3, -0.25) is 0 Å². The van der Waals surface area contributed by atoms with Crippen LogP contribution in [0.2, 0.25) is 0 Å². The molecule has 0 unspecified atom stereocenters. The number of carbonyl (C=O) groups is 1. The Bertz CT molecular complexity index is 851. The van der Waals surface area contributed by atoms with Gasteiger partial charge >= 0.3 is 11.9 Å². The van der Waals surface area contributed by atoms with Gasteiger partial charge in [0.15, 0.2) is 0 Å². The van der Waals surface area contributed by atoms with E-state index in [1.165, 1.54) is 17.2 Å². The highest BCUT2D eigenvalue weighted by molar-refractivity contribution is 5.88. The Hall–Kier alpha value is -3.08. The molecule has 0 saturated carbocycles. The Kier molecular flexibility index (Phi) is 4.33. The molecule has 0 aliphatic heterocycles. The van der Waals surface area contributed by atoms with Crippen LogP contribution in [0.5, 0.6) is 5.88 Å². The minimum atomic E-state index is -0.791. The van der Waals surface area contributed by atoms with Crippen LogP contribution in [-0.4, -0.2) is 13.1 Å². The van der Waals surface area contributed by atoms with Crippen molar-refractivity contribution in [2.24, 2.45) is 0 Å². The van der Waals surface area contributed by atoms with E-state index >= 15 is 0 Å². The lowest BCUT2D eigenvalue weighted by Gasteiger charge is -2.02. The maximum Gasteiger partial charge on any atom is 0.386 e. The van der Waals surface area contributed by atoms with Crippen molar-refractivity contribution in [3.05, 3.63) is 65.9 Å². The zero-order valence-electron chi connectivity index (χ0n) is 13.5. The van der Waals surface area contributed by atoms with Crippen LogP contribution in [-0.2, 0) is 11.2 Å². The van der Waals surface area contributed by atoms with Gasteiger partial charge in [-0.2, -0.15) is 0 Å². The summed E-state index contributed by atoms with van der Waals surface area (Å²) in [6.45, 7) is 2.07. The topological polar surface area (TPSA) is 66.4 Å². The van der Waals surface area contributed by atoms with Crippen LogP contribution in [0.3, 0.4) is 0 Å². The highest BCUT2D eigenvalue weighted by Crippen LogP contribution is 2.25. The lowest BCUT2D eigenvalue weighted by molar-refractivity contribution is -0.641. The molecular formula is C19H17NO4. The SMILES string of the molecule is CCc1ccc(-c2oc(C(=O)OC)c([O-])[n+]2-c2ccccc2)cc1. The summed E-state index contributed by atoms with van der Waals surface area (Å²) in [5, 5.41) is 12.7. The molecule has 122 valence electrons. The molecule has 0 bridgehead atoms. The summed E-state index contributed by atoms with van der Waals surface area (Å²) in [6.07, 6.45) is 0.914. The monoisotopic (exact) mass is 323 g/mol. The van der Waals surface area contributed by atoms with Crippen molar-refractivity contribution in [3.63, 3.8) is 0 Å². The van der Waals surface area contributed by atoms with Crippen molar-refractivity contribution in [1.29, 1.82) is 0 Å². The minimum Gasteiger partial charge on any atom is -0.820 e. The van der Waals surface area contributed by atoms with Crippen LogP contribution in [0.15, 0.2) is 59.0 Å². The summed E-state index contributed by atoms with van der Waals surface area (Å²) in [5.41, 5.74) is 2.51. The number of oxazole rings is 1. The summed E-state index contributed by atoms with van der Waals surface area (Å²) in [7, 11) is 1.22. The van der Waals surface area contributed by atoms with Gasteiger partial charge in [-0.05, 0) is 24.1 Å². The van der Waals surface area contributed by atoms with Crippen LogP contribution >= 0.6 is 0 Å². The summed E-state index contributed by atoms with van der Waals surface area (Å²) < 4.78 is 11.6. The van der Waals surface area contributed by atoms with E-state index < -0.39 is 11.8 Å². The molecule has 1 aromatic heterocycles. The molecule has 2 aromatic carbocycles. The number of nitrogens with zero attached hydrogens (tertiary/aromatic N) is 1. The number of ether oxygens (including phenoxy) is 1. The van der Waals surface area contributed by atoms with Gasteiger partial charge in [0.2, 0.25) is 11.6 Å². The molecule has 5 nitrogen and oxygen atoms in total. The number of hydrogen-bond acceptors (Lipinski definition) is 4. The Balaban J connectivity index is 2.21. The second-order valence-corrected chi connectivity index (χ2v) is 5.25. The third-order valence-electron chi connectivity index (χ3n) is 3.79. The molecule has 24 heavy (non-hydrogen) atoms. The maximum atomic E-state index is 12.7. The van der Waals surface area contributed by atoms with Crippen LogP contribution in [0.4, 0.5) is 0 Å². The molecule has 0 aliphatic carbocycles. The number of esters is 1. The number of benzene rings is 2. The van der Waals surface area contributed by atoms with Crippen molar-refractivity contribution < 1.29 is 23.6 Å². The quantitative estimate of drug-likeness (QED) is 0.547. The molecule has 0 atom stereocenters. The fourth-order valence-corrected chi connectivity index (χ4v) is 2.48.